The summed E-state index contributed by atoms with van der Waals surface area (Å²) < 4.78 is 4.66. The number of methoxy groups -OCH3 is 1. The third-order valence-corrected chi connectivity index (χ3v) is 3.07. The fraction of sp³-hybridized carbons (Fsp3) is 0.0667. The number of hydrogen-bond acceptors (Lipinski definition) is 5. The molecule has 0 unspecified atom stereocenters. The van der Waals surface area contributed by atoms with E-state index in [1.807, 2.05) is 0 Å². The van der Waals surface area contributed by atoms with Crippen LogP contribution in [0, 0.1) is 10.1 Å². The molecule has 0 fully saturated rings. The molecular weight excluding hydrogens is 290 g/mol. The van der Waals surface area contributed by atoms with Crippen molar-refractivity contribution in [2.45, 2.75) is 0 Å². The molecule has 0 atom stereocenters. The molecule has 2 rings (SSSR count). The molecule has 0 aromatic heterocycles. The van der Waals surface area contributed by atoms with Crippen molar-refractivity contribution in [3.05, 3.63) is 63.7 Å². The van der Waals surface area contributed by atoms with Gasteiger partial charge in [-0.1, -0.05) is 6.07 Å². The second kappa shape index (κ2) is 6.04. The van der Waals surface area contributed by atoms with E-state index in [1.54, 1.807) is 0 Å². The minimum absolute atomic E-state index is 0.0799. The zero-order valence-corrected chi connectivity index (χ0v) is 11.5. The van der Waals surface area contributed by atoms with Gasteiger partial charge in [0.25, 0.3) is 5.69 Å². The van der Waals surface area contributed by atoms with Crippen molar-refractivity contribution in [2.75, 3.05) is 7.11 Å². The molecule has 22 heavy (non-hydrogen) atoms. The average molecular weight is 301 g/mol. The van der Waals surface area contributed by atoms with E-state index in [1.165, 1.54) is 49.6 Å². The largest absolute Gasteiger partial charge is 0.478 e. The summed E-state index contributed by atoms with van der Waals surface area (Å²) in [5.74, 6) is -1.89. The van der Waals surface area contributed by atoms with Crippen LogP contribution < -0.4 is 0 Å². The van der Waals surface area contributed by atoms with Crippen LogP contribution in [-0.2, 0) is 4.74 Å². The van der Waals surface area contributed by atoms with Crippen molar-refractivity contribution < 1.29 is 24.4 Å². The minimum Gasteiger partial charge on any atom is -0.478 e. The predicted octanol–water partition coefficient (Wildman–Crippen LogP) is 2.75. The molecule has 0 aliphatic carbocycles. The molecule has 0 bridgehead atoms. The third kappa shape index (κ3) is 2.78. The summed E-state index contributed by atoms with van der Waals surface area (Å²) in [6, 6.07) is 9.51. The predicted molar refractivity (Wildman–Crippen MR) is 76.8 cm³/mol. The van der Waals surface area contributed by atoms with E-state index in [0.29, 0.717) is 5.56 Å². The van der Waals surface area contributed by atoms with Gasteiger partial charge < -0.3 is 9.84 Å². The lowest BCUT2D eigenvalue weighted by Gasteiger charge is -2.11. The summed E-state index contributed by atoms with van der Waals surface area (Å²) in [6.07, 6.45) is 0. The Kier molecular flexibility index (Phi) is 4.17. The van der Waals surface area contributed by atoms with Gasteiger partial charge in [0.1, 0.15) is 0 Å². The van der Waals surface area contributed by atoms with Crippen LogP contribution in [0.3, 0.4) is 0 Å². The average Bonchev–Trinajstić information content (AvgIpc) is 2.53. The smallest absolute Gasteiger partial charge is 0.338 e. The Balaban J connectivity index is 2.68. The maximum Gasteiger partial charge on any atom is 0.338 e. The highest BCUT2D eigenvalue weighted by molar-refractivity contribution is 6.05. The van der Waals surface area contributed by atoms with Gasteiger partial charge in [0.05, 0.1) is 23.2 Å². The summed E-state index contributed by atoms with van der Waals surface area (Å²) in [7, 11) is 1.19. The van der Waals surface area contributed by atoms with Crippen LogP contribution in [0.15, 0.2) is 42.5 Å². The highest BCUT2D eigenvalue weighted by atomic mass is 16.6. The molecular formula is C15H11NO6. The molecule has 1 N–H and O–H groups in total. The first-order valence-corrected chi connectivity index (χ1v) is 6.15. The van der Waals surface area contributed by atoms with Crippen molar-refractivity contribution in [3.8, 4) is 11.1 Å². The molecule has 2 aromatic carbocycles. The van der Waals surface area contributed by atoms with Crippen molar-refractivity contribution in [3.63, 3.8) is 0 Å². The molecule has 0 spiro atoms. The summed E-state index contributed by atoms with van der Waals surface area (Å²) in [5, 5.41) is 20.0. The molecule has 0 saturated carbocycles. The van der Waals surface area contributed by atoms with E-state index in [-0.39, 0.29) is 22.4 Å². The van der Waals surface area contributed by atoms with Gasteiger partial charge in [0.2, 0.25) is 0 Å². The second-order valence-electron chi connectivity index (χ2n) is 4.33. The molecule has 0 amide bonds. The normalized spacial score (nSPS) is 10.0. The lowest BCUT2D eigenvalue weighted by Crippen LogP contribution is -2.08. The van der Waals surface area contributed by atoms with E-state index in [0.717, 1.165) is 0 Å². The first-order valence-electron chi connectivity index (χ1n) is 6.15. The Labute approximate surface area is 124 Å². The van der Waals surface area contributed by atoms with Crippen LogP contribution in [0.4, 0.5) is 5.69 Å². The van der Waals surface area contributed by atoms with Crippen LogP contribution in [0.2, 0.25) is 0 Å². The summed E-state index contributed by atoms with van der Waals surface area (Å²) >= 11 is 0. The monoisotopic (exact) mass is 301 g/mol. The Morgan fingerprint density at radius 3 is 2.18 bits per heavy atom. The zero-order chi connectivity index (χ0) is 16.3. The fourth-order valence-electron chi connectivity index (χ4n) is 2.07. The Morgan fingerprint density at radius 1 is 1.09 bits per heavy atom. The molecule has 0 aliphatic rings. The van der Waals surface area contributed by atoms with Crippen molar-refractivity contribution >= 4 is 17.6 Å². The number of non-ortho nitro benzene ring substituents is 1. The number of esters is 1. The molecule has 7 heteroatoms. The van der Waals surface area contributed by atoms with Crippen LogP contribution in [0.1, 0.15) is 20.7 Å². The number of carboxylic acids is 1. The number of hydrogen-bond donors (Lipinski definition) is 1. The van der Waals surface area contributed by atoms with Gasteiger partial charge in [-0.25, -0.2) is 9.59 Å². The van der Waals surface area contributed by atoms with E-state index in [4.69, 9.17) is 0 Å². The maximum absolute atomic E-state index is 11.8. The molecule has 0 aliphatic heterocycles. The number of nitro groups is 1. The number of nitrogens with zero attached hydrogens (tertiary/aromatic N) is 1. The van der Waals surface area contributed by atoms with Crippen molar-refractivity contribution in [1.29, 1.82) is 0 Å². The molecule has 0 saturated heterocycles. The number of benzene rings is 2. The van der Waals surface area contributed by atoms with Gasteiger partial charge in [-0.05, 0) is 29.8 Å². The lowest BCUT2D eigenvalue weighted by molar-refractivity contribution is -0.384. The number of carboxylic acid groups (broad SMARTS) is 1. The maximum atomic E-state index is 11.8. The summed E-state index contributed by atoms with van der Waals surface area (Å²) in [5.41, 5.74) is 0.407. The van der Waals surface area contributed by atoms with E-state index < -0.39 is 16.9 Å². The number of nitro benzene ring substituents is 1. The van der Waals surface area contributed by atoms with Crippen LogP contribution in [0.25, 0.3) is 11.1 Å². The Morgan fingerprint density at radius 2 is 1.68 bits per heavy atom. The highest BCUT2D eigenvalue weighted by Gasteiger charge is 2.21. The fourth-order valence-corrected chi connectivity index (χ4v) is 2.07. The number of aromatic carboxylic acids is 1. The lowest BCUT2D eigenvalue weighted by atomic mass is 9.94. The molecule has 0 radical (unpaired) electrons. The Hall–Kier alpha value is -3.22. The van der Waals surface area contributed by atoms with Gasteiger partial charge in [0.15, 0.2) is 0 Å². The SMILES string of the molecule is COC(=O)c1cccc(C(=O)O)c1-c1ccc([N+](=O)[O-])cc1. The molecule has 2 aromatic rings. The van der Waals surface area contributed by atoms with E-state index in [2.05, 4.69) is 4.74 Å². The quantitative estimate of drug-likeness (QED) is 0.528. The van der Waals surface area contributed by atoms with E-state index in [9.17, 15) is 24.8 Å². The van der Waals surface area contributed by atoms with Crippen molar-refractivity contribution in [2.24, 2.45) is 0 Å². The van der Waals surface area contributed by atoms with Crippen LogP contribution >= 0.6 is 0 Å². The van der Waals surface area contributed by atoms with Gasteiger partial charge in [-0.2, -0.15) is 0 Å². The van der Waals surface area contributed by atoms with Crippen LogP contribution in [-0.4, -0.2) is 29.1 Å². The van der Waals surface area contributed by atoms with Gasteiger partial charge >= 0.3 is 11.9 Å². The first kappa shape index (κ1) is 15.2. The number of carbonyl (C=O) groups is 2. The first-order chi connectivity index (χ1) is 10.5. The zero-order valence-electron chi connectivity index (χ0n) is 11.5. The van der Waals surface area contributed by atoms with Crippen LogP contribution in [0.5, 0.6) is 0 Å². The van der Waals surface area contributed by atoms with Gasteiger partial charge in [-0.15, -0.1) is 0 Å². The number of ether oxygens (including phenoxy) is 1. The highest BCUT2D eigenvalue weighted by Crippen LogP contribution is 2.30. The Bertz CT molecular complexity index is 751. The van der Waals surface area contributed by atoms with E-state index >= 15 is 0 Å². The summed E-state index contributed by atoms with van der Waals surface area (Å²) in [6.45, 7) is 0. The van der Waals surface area contributed by atoms with Crippen molar-refractivity contribution in [1.82, 2.24) is 0 Å². The topological polar surface area (TPSA) is 107 Å². The number of rotatable bonds is 4. The molecule has 112 valence electrons. The minimum atomic E-state index is -1.21. The number of carbonyl (C=O) groups excluding carboxylic acids is 1. The third-order valence-electron chi connectivity index (χ3n) is 3.07. The second-order valence-corrected chi connectivity index (χ2v) is 4.33. The standard InChI is InChI=1S/C15H11NO6/c1-22-15(19)12-4-2-3-11(14(17)18)13(12)9-5-7-10(8-6-9)16(20)21/h2-8H,1H3,(H,17,18). The molecule has 7 nitrogen and oxygen atoms in total. The summed E-state index contributed by atoms with van der Waals surface area (Å²) in [4.78, 5) is 33.3. The van der Waals surface area contributed by atoms with Gasteiger partial charge in [-0.3, -0.25) is 10.1 Å². The molecule has 0 heterocycles. The van der Waals surface area contributed by atoms with Gasteiger partial charge in [0, 0.05) is 17.7 Å².